The Labute approximate surface area is 173 Å². The third kappa shape index (κ3) is 3.98. The van der Waals surface area contributed by atoms with E-state index in [1.165, 1.54) is 23.2 Å². The van der Waals surface area contributed by atoms with Crippen LogP contribution < -0.4 is 10.2 Å². The summed E-state index contributed by atoms with van der Waals surface area (Å²) in [6.07, 6.45) is 1.18. The molecule has 0 radical (unpaired) electrons. The Kier molecular flexibility index (Phi) is 6.40. The summed E-state index contributed by atoms with van der Waals surface area (Å²) in [5.74, 6) is 1.66. The van der Waals surface area contributed by atoms with Gasteiger partial charge >= 0.3 is 0 Å². The monoisotopic (exact) mass is 462 g/mol. The standard InChI is InChI=1S/C21H26N4.HI/c1-22-21(23-16-18-15-17-7-5-6-10-20(17)18)25-13-11-24(12-14-25)19-8-3-2-4-9-19;/h2-10,18H,11-16H2,1H3,(H,22,23);1H. The highest BCUT2D eigenvalue weighted by atomic mass is 127. The molecule has 1 heterocycles. The number of anilines is 1. The van der Waals surface area contributed by atoms with E-state index in [0.29, 0.717) is 5.92 Å². The van der Waals surface area contributed by atoms with Gasteiger partial charge in [0.15, 0.2) is 5.96 Å². The first-order chi connectivity index (χ1) is 12.3. The van der Waals surface area contributed by atoms with Gasteiger partial charge in [0.2, 0.25) is 0 Å². The second-order valence-corrected chi connectivity index (χ2v) is 6.84. The molecule has 0 spiro atoms. The molecule has 2 aromatic carbocycles. The Morgan fingerprint density at radius 3 is 2.38 bits per heavy atom. The molecule has 0 bridgehead atoms. The molecule has 1 fully saturated rings. The lowest BCUT2D eigenvalue weighted by molar-refractivity contribution is 0.370. The highest BCUT2D eigenvalue weighted by molar-refractivity contribution is 14.0. The quantitative estimate of drug-likeness (QED) is 0.432. The van der Waals surface area contributed by atoms with Crippen LogP contribution in [0.15, 0.2) is 59.6 Å². The van der Waals surface area contributed by atoms with Crippen LogP contribution in [0.3, 0.4) is 0 Å². The lowest BCUT2D eigenvalue weighted by atomic mass is 9.78. The summed E-state index contributed by atoms with van der Waals surface area (Å²) in [7, 11) is 1.89. The van der Waals surface area contributed by atoms with E-state index < -0.39 is 0 Å². The van der Waals surface area contributed by atoms with Crippen molar-refractivity contribution in [1.82, 2.24) is 10.2 Å². The summed E-state index contributed by atoms with van der Waals surface area (Å²) in [5, 5.41) is 3.59. The number of piperazine rings is 1. The largest absolute Gasteiger partial charge is 0.368 e. The molecular formula is C21H27IN4. The number of aliphatic imine (C=N–C) groups is 1. The highest BCUT2D eigenvalue weighted by Gasteiger charge is 2.26. The van der Waals surface area contributed by atoms with Crippen molar-refractivity contribution >= 4 is 35.6 Å². The van der Waals surface area contributed by atoms with Gasteiger partial charge in [0.1, 0.15) is 0 Å². The average Bonchev–Trinajstić information content (AvgIpc) is 2.66. The van der Waals surface area contributed by atoms with Crippen LogP contribution in [0, 0.1) is 0 Å². The first kappa shape index (κ1) is 19.0. The van der Waals surface area contributed by atoms with Crippen molar-refractivity contribution in [3.05, 3.63) is 65.7 Å². The molecule has 1 aliphatic carbocycles. The first-order valence-corrected chi connectivity index (χ1v) is 9.18. The molecule has 5 heteroatoms. The van der Waals surface area contributed by atoms with Crippen molar-refractivity contribution in [2.45, 2.75) is 12.3 Å². The number of nitrogens with zero attached hydrogens (tertiary/aromatic N) is 3. The number of hydrogen-bond donors (Lipinski definition) is 1. The number of guanidine groups is 1. The molecule has 0 amide bonds. The molecule has 1 unspecified atom stereocenters. The first-order valence-electron chi connectivity index (χ1n) is 9.18. The molecule has 0 saturated carbocycles. The lowest BCUT2D eigenvalue weighted by Crippen LogP contribution is -2.53. The van der Waals surface area contributed by atoms with Gasteiger partial charge in [-0.25, -0.2) is 0 Å². The van der Waals surface area contributed by atoms with Crippen molar-refractivity contribution < 1.29 is 0 Å². The number of nitrogens with one attached hydrogen (secondary N) is 1. The van der Waals surface area contributed by atoms with E-state index in [1.54, 1.807) is 0 Å². The average molecular weight is 462 g/mol. The molecule has 1 N–H and O–H groups in total. The highest BCUT2D eigenvalue weighted by Crippen LogP contribution is 2.34. The van der Waals surface area contributed by atoms with E-state index in [9.17, 15) is 0 Å². The minimum Gasteiger partial charge on any atom is -0.368 e. The van der Waals surface area contributed by atoms with Crippen LogP contribution in [0.2, 0.25) is 0 Å². The minimum absolute atomic E-state index is 0. The Bertz CT molecular complexity index is 739. The molecule has 1 saturated heterocycles. The fraction of sp³-hybridized carbons (Fsp3) is 0.381. The van der Waals surface area contributed by atoms with E-state index in [4.69, 9.17) is 0 Å². The summed E-state index contributed by atoms with van der Waals surface area (Å²) in [5.41, 5.74) is 4.32. The minimum atomic E-state index is 0. The summed E-state index contributed by atoms with van der Waals surface area (Å²) in [6, 6.07) is 19.4. The Balaban J connectivity index is 0.00000196. The SMILES string of the molecule is CN=C(NCC1Cc2ccccc21)N1CCN(c2ccccc2)CC1.I. The van der Waals surface area contributed by atoms with Crippen LogP contribution in [0.25, 0.3) is 0 Å². The van der Waals surface area contributed by atoms with Gasteiger partial charge < -0.3 is 15.1 Å². The van der Waals surface area contributed by atoms with Gasteiger partial charge in [0, 0.05) is 51.4 Å². The smallest absolute Gasteiger partial charge is 0.193 e. The maximum atomic E-state index is 4.51. The van der Waals surface area contributed by atoms with Crippen molar-refractivity contribution in [2.75, 3.05) is 44.7 Å². The zero-order chi connectivity index (χ0) is 17.1. The molecule has 26 heavy (non-hydrogen) atoms. The Morgan fingerprint density at radius 2 is 1.69 bits per heavy atom. The molecule has 2 aliphatic rings. The summed E-state index contributed by atoms with van der Waals surface area (Å²) in [6.45, 7) is 5.07. The van der Waals surface area contributed by atoms with Gasteiger partial charge in [-0.05, 0) is 29.7 Å². The maximum absolute atomic E-state index is 4.51. The van der Waals surface area contributed by atoms with Gasteiger partial charge in [-0.2, -0.15) is 0 Å². The maximum Gasteiger partial charge on any atom is 0.193 e. The number of fused-ring (bicyclic) bond motifs is 1. The summed E-state index contributed by atoms with van der Waals surface area (Å²) in [4.78, 5) is 9.34. The van der Waals surface area contributed by atoms with Gasteiger partial charge in [-0.15, -0.1) is 24.0 Å². The van der Waals surface area contributed by atoms with Crippen LogP contribution in [0.5, 0.6) is 0 Å². The van der Waals surface area contributed by atoms with Gasteiger partial charge in [-0.1, -0.05) is 42.5 Å². The summed E-state index contributed by atoms with van der Waals surface area (Å²) >= 11 is 0. The molecule has 0 aromatic heterocycles. The fourth-order valence-corrected chi connectivity index (χ4v) is 3.91. The van der Waals surface area contributed by atoms with Crippen molar-refractivity contribution in [1.29, 1.82) is 0 Å². The molecule has 1 aliphatic heterocycles. The van der Waals surface area contributed by atoms with E-state index in [2.05, 4.69) is 74.7 Å². The van der Waals surface area contributed by atoms with Crippen LogP contribution >= 0.6 is 24.0 Å². The molecule has 2 aromatic rings. The summed E-state index contributed by atoms with van der Waals surface area (Å²) < 4.78 is 0. The lowest BCUT2D eigenvalue weighted by Gasteiger charge is -2.38. The Hall–Kier alpha value is -1.76. The molecular weight excluding hydrogens is 435 g/mol. The van der Waals surface area contributed by atoms with E-state index in [-0.39, 0.29) is 24.0 Å². The number of halogens is 1. The predicted molar refractivity (Wildman–Crippen MR) is 120 cm³/mol. The topological polar surface area (TPSA) is 30.9 Å². The molecule has 138 valence electrons. The molecule has 4 nitrogen and oxygen atoms in total. The predicted octanol–water partition coefficient (Wildman–Crippen LogP) is 3.34. The van der Waals surface area contributed by atoms with Gasteiger partial charge in [0.05, 0.1) is 0 Å². The van der Waals surface area contributed by atoms with Crippen LogP contribution in [0.1, 0.15) is 17.0 Å². The molecule has 1 atom stereocenters. The van der Waals surface area contributed by atoms with Crippen LogP contribution in [-0.2, 0) is 6.42 Å². The van der Waals surface area contributed by atoms with Crippen molar-refractivity contribution in [2.24, 2.45) is 4.99 Å². The number of hydrogen-bond acceptors (Lipinski definition) is 2. The van der Waals surface area contributed by atoms with Crippen molar-refractivity contribution in [3.8, 4) is 0 Å². The second kappa shape index (κ2) is 8.75. The zero-order valence-corrected chi connectivity index (χ0v) is 17.6. The third-order valence-electron chi connectivity index (χ3n) is 5.38. The number of benzene rings is 2. The van der Waals surface area contributed by atoms with E-state index in [1.807, 2.05) is 7.05 Å². The number of para-hydroxylation sites is 1. The van der Waals surface area contributed by atoms with E-state index in [0.717, 1.165) is 38.7 Å². The van der Waals surface area contributed by atoms with Gasteiger partial charge in [0.25, 0.3) is 0 Å². The van der Waals surface area contributed by atoms with Gasteiger partial charge in [-0.3, -0.25) is 4.99 Å². The van der Waals surface area contributed by atoms with Crippen LogP contribution in [0.4, 0.5) is 5.69 Å². The zero-order valence-electron chi connectivity index (χ0n) is 15.3. The normalized spacial score (nSPS) is 19.3. The van der Waals surface area contributed by atoms with E-state index >= 15 is 0 Å². The molecule has 4 rings (SSSR count). The third-order valence-corrected chi connectivity index (χ3v) is 5.38. The fourth-order valence-electron chi connectivity index (χ4n) is 3.91. The number of rotatable bonds is 3. The van der Waals surface area contributed by atoms with Crippen molar-refractivity contribution in [3.63, 3.8) is 0 Å². The second-order valence-electron chi connectivity index (χ2n) is 6.84. The Morgan fingerprint density at radius 1 is 1.00 bits per heavy atom. The van der Waals surface area contributed by atoms with Crippen LogP contribution in [-0.4, -0.2) is 50.6 Å².